The molecule has 0 aliphatic heterocycles. The summed E-state index contributed by atoms with van der Waals surface area (Å²) in [4.78, 5) is 0. The first-order chi connectivity index (χ1) is 2.50. The summed E-state index contributed by atoms with van der Waals surface area (Å²) in [5.74, 6) is 0. The minimum absolute atomic E-state index is 0. The molecule has 0 aliphatic carbocycles. The molecule has 0 bridgehead atoms. The van der Waals surface area contributed by atoms with Gasteiger partial charge in [-0.15, -0.1) is 5.38 Å². The molecule has 0 saturated carbocycles. The van der Waals surface area contributed by atoms with Gasteiger partial charge in [-0.25, -0.2) is 12.1 Å². The van der Waals surface area contributed by atoms with E-state index in [0.717, 1.165) is 0 Å². The summed E-state index contributed by atoms with van der Waals surface area (Å²) in [6.07, 6.45) is 0. The van der Waals surface area contributed by atoms with Crippen LogP contribution >= 0.6 is 11.3 Å². The Morgan fingerprint density at radius 1 is 1.50 bits per heavy atom. The van der Waals surface area contributed by atoms with Gasteiger partial charge in [-0.05, 0) is 0 Å². The van der Waals surface area contributed by atoms with Gasteiger partial charge < -0.3 is 0 Å². The molecule has 1 rings (SSSR count). The second kappa shape index (κ2) is 3.41. The molecular weight excluding hydrogens is 135 g/mol. The van der Waals surface area contributed by atoms with Crippen molar-refractivity contribution < 1.29 is 17.1 Å². The first-order valence-electron chi connectivity index (χ1n) is 1.38. The monoisotopic (exact) mass is 138 g/mol. The molecule has 1 heterocycles. The average molecular weight is 138 g/mol. The molecule has 2 heteroatoms. The largest absolute Gasteiger partial charge is 0.273 e. The molecule has 0 aromatic carbocycles. The van der Waals surface area contributed by atoms with E-state index in [1.807, 2.05) is 16.8 Å². The van der Waals surface area contributed by atoms with E-state index in [-0.39, 0.29) is 17.1 Å². The van der Waals surface area contributed by atoms with Crippen molar-refractivity contribution in [2.24, 2.45) is 0 Å². The SMILES string of the molecule is [Mn].[c-]1ccsc1. The van der Waals surface area contributed by atoms with Crippen molar-refractivity contribution in [3.8, 4) is 0 Å². The van der Waals surface area contributed by atoms with E-state index < -0.39 is 0 Å². The number of rotatable bonds is 0. The summed E-state index contributed by atoms with van der Waals surface area (Å²) >= 11 is 1.66. The van der Waals surface area contributed by atoms with Crippen molar-refractivity contribution in [3.05, 3.63) is 22.9 Å². The fourth-order valence-corrected chi connectivity index (χ4v) is 0.589. The molecule has 0 nitrogen and oxygen atoms in total. The Morgan fingerprint density at radius 2 is 2.33 bits per heavy atom. The van der Waals surface area contributed by atoms with Crippen molar-refractivity contribution in [1.29, 1.82) is 0 Å². The maximum absolute atomic E-state index is 2.88. The summed E-state index contributed by atoms with van der Waals surface area (Å²) in [6.45, 7) is 0. The van der Waals surface area contributed by atoms with E-state index in [4.69, 9.17) is 0 Å². The molecule has 1 aromatic rings. The first-order valence-corrected chi connectivity index (χ1v) is 2.32. The first kappa shape index (κ1) is 6.22. The Labute approximate surface area is 51.7 Å². The average Bonchev–Trinajstić information content (AvgIpc) is 1.76. The zero-order valence-electron chi connectivity index (χ0n) is 3.02. The van der Waals surface area contributed by atoms with Gasteiger partial charge >= 0.3 is 0 Å². The normalized spacial score (nSPS) is 6.67. The van der Waals surface area contributed by atoms with Crippen LogP contribution in [0.25, 0.3) is 0 Å². The van der Waals surface area contributed by atoms with E-state index in [9.17, 15) is 0 Å². The minimum atomic E-state index is 0. The van der Waals surface area contributed by atoms with Crippen molar-refractivity contribution in [2.45, 2.75) is 0 Å². The van der Waals surface area contributed by atoms with Crippen molar-refractivity contribution in [3.63, 3.8) is 0 Å². The van der Waals surface area contributed by atoms with E-state index in [2.05, 4.69) is 6.07 Å². The van der Waals surface area contributed by atoms with Gasteiger partial charge in [-0.2, -0.15) is 5.38 Å². The third kappa shape index (κ3) is 1.61. The molecule has 6 heavy (non-hydrogen) atoms. The van der Waals surface area contributed by atoms with Gasteiger partial charge in [0.05, 0.1) is 0 Å². The summed E-state index contributed by atoms with van der Waals surface area (Å²) in [7, 11) is 0. The fourth-order valence-electron chi connectivity index (χ4n) is 0.196. The molecule has 0 spiro atoms. The number of hydrogen-bond donors (Lipinski definition) is 0. The van der Waals surface area contributed by atoms with Crippen molar-refractivity contribution >= 4 is 11.3 Å². The Kier molecular flexibility index (Phi) is 3.54. The predicted octanol–water partition coefficient (Wildman–Crippen LogP) is 1.55. The van der Waals surface area contributed by atoms with Crippen LogP contribution in [0.1, 0.15) is 0 Å². The molecule has 0 fully saturated rings. The van der Waals surface area contributed by atoms with Crippen LogP contribution in [0, 0.1) is 6.07 Å². The molecule has 0 aliphatic rings. The molecule has 0 unspecified atom stereocenters. The third-order valence-electron chi connectivity index (χ3n) is 0.379. The maximum atomic E-state index is 2.88. The van der Waals surface area contributed by atoms with Crippen LogP contribution in [0.4, 0.5) is 0 Å². The second-order valence-electron chi connectivity index (χ2n) is 0.723. The van der Waals surface area contributed by atoms with E-state index >= 15 is 0 Å². The van der Waals surface area contributed by atoms with E-state index in [1.165, 1.54) is 0 Å². The summed E-state index contributed by atoms with van der Waals surface area (Å²) < 4.78 is 0. The topological polar surface area (TPSA) is 0 Å². The Balaban J connectivity index is 0.000000250. The van der Waals surface area contributed by atoms with E-state index in [1.54, 1.807) is 11.3 Å². The molecule has 0 atom stereocenters. The second-order valence-corrected chi connectivity index (χ2v) is 1.50. The Morgan fingerprint density at radius 3 is 2.50 bits per heavy atom. The summed E-state index contributed by atoms with van der Waals surface area (Å²) in [6, 6.07) is 4.77. The zero-order valence-corrected chi connectivity index (χ0v) is 5.02. The van der Waals surface area contributed by atoms with Crippen LogP contribution in [0.15, 0.2) is 16.8 Å². The fraction of sp³-hybridized carbons (Fsp3) is 0. The van der Waals surface area contributed by atoms with Crippen LogP contribution in [-0.4, -0.2) is 0 Å². The van der Waals surface area contributed by atoms with E-state index in [0.29, 0.717) is 0 Å². The van der Waals surface area contributed by atoms with Crippen LogP contribution in [0.5, 0.6) is 0 Å². The number of hydrogen-bond acceptors (Lipinski definition) is 1. The van der Waals surface area contributed by atoms with Crippen LogP contribution in [-0.2, 0) is 17.1 Å². The van der Waals surface area contributed by atoms with Crippen LogP contribution in [0.3, 0.4) is 0 Å². The summed E-state index contributed by atoms with van der Waals surface area (Å²) in [5.41, 5.74) is 0. The quantitative estimate of drug-likeness (QED) is 0.377. The van der Waals surface area contributed by atoms with Crippen LogP contribution < -0.4 is 0 Å². The standard InChI is InChI=1S/C4H3S.Mn/c1-2-4-5-3-1;/h1,3-4H;/q-1;. The number of thiophene rings is 1. The Hall–Kier alpha value is 0.219. The van der Waals surface area contributed by atoms with Gasteiger partial charge in [-0.3, -0.25) is 11.3 Å². The molecule has 33 valence electrons. The van der Waals surface area contributed by atoms with Gasteiger partial charge in [0.25, 0.3) is 0 Å². The Bertz CT molecular complexity index is 64.0. The molecule has 0 N–H and O–H groups in total. The smallest absolute Gasteiger partial charge is 0 e. The van der Waals surface area contributed by atoms with Gasteiger partial charge in [0.2, 0.25) is 0 Å². The molecular formula is C4H3MnS-. The molecule has 1 radical (unpaired) electrons. The van der Waals surface area contributed by atoms with Crippen LogP contribution in [0.2, 0.25) is 0 Å². The van der Waals surface area contributed by atoms with Gasteiger partial charge in [-0.1, -0.05) is 0 Å². The van der Waals surface area contributed by atoms with Gasteiger partial charge in [0.15, 0.2) is 0 Å². The van der Waals surface area contributed by atoms with Gasteiger partial charge in [0, 0.05) is 17.1 Å². The predicted molar refractivity (Wildman–Crippen MR) is 23.2 cm³/mol. The maximum Gasteiger partial charge on any atom is 0 e. The third-order valence-corrected chi connectivity index (χ3v) is 0.944. The zero-order chi connectivity index (χ0) is 3.54. The van der Waals surface area contributed by atoms with Crippen molar-refractivity contribution in [1.82, 2.24) is 0 Å². The molecule has 0 saturated heterocycles. The minimum Gasteiger partial charge on any atom is -0.273 e. The van der Waals surface area contributed by atoms with Gasteiger partial charge in [0.1, 0.15) is 0 Å². The molecule has 0 amide bonds. The molecule has 1 aromatic heterocycles. The van der Waals surface area contributed by atoms with Crippen molar-refractivity contribution in [2.75, 3.05) is 0 Å². The summed E-state index contributed by atoms with van der Waals surface area (Å²) in [5, 5.41) is 3.90.